The molecule has 1 aliphatic carbocycles. The number of aliphatic imine (C=N–C) groups is 1. The highest BCUT2D eigenvalue weighted by molar-refractivity contribution is 6.07. The summed E-state index contributed by atoms with van der Waals surface area (Å²) in [6, 6.07) is 10.3. The molecule has 2 aromatic rings. The third kappa shape index (κ3) is 6.24. The number of fused-ring (bicyclic) bond motifs is 1. The maximum absolute atomic E-state index is 12.7. The molecule has 0 saturated heterocycles. The molecule has 168 valence electrons. The fourth-order valence-electron chi connectivity index (χ4n) is 4.28. The minimum Gasteiger partial charge on any atom is -0.387 e. The first kappa shape index (κ1) is 23.2. The van der Waals surface area contributed by atoms with Gasteiger partial charge in [0.25, 0.3) is 5.91 Å². The van der Waals surface area contributed by atoms with Crippen LogP contribution in [0.4, 0.5) is 5.82 Å². The van der Waals surface area contributed by atoms with Gasteiger partial charge in [0.2, 0.25) is 0 Å². The fourth-order valence-corrected chi connectivity index (χ4v) is 4.28. The SMILES string of the molecule is CCC(NC1CCCCC1)C(CNc1nc2ccccc2cc1C(=O)N=C(C)N)OC. The Morgan fingerprint density at radius 2 is 2.03 bits per heavy atom. The van der Waals surface area contributed by atoms with E-state index in [1.54, 1.807) is 14.0 Å². The number of ether oxygens (including phenoxy) is 1. The number of methoxy groups -OCH3 is 1. The molecule has 1 amide bonds. The molecular formula is C24H35N5O2. The molecule has 1 fully saturated rings. The molecule has 0 radical (unpaired) electrons. The number of hydrogen-bond donors (Lipinski definition) is 3. The minimum absolute atomic E-state index is 0.0529. The maximum Gasteiger partial charge on any atom is 0.282 e. The Balaban J connectivity index is 1.79. The van der Waals surface area contributed by atoms with Crippen LogP contribution in [0.25, 0.3) is 10.9 Å². The number of nitrogens with zero attached hydrogens (tertiary/aromatic N) is 2. The zero-order valence-electron chi connectivity index (χ0n) is 18.9. The highest BCUT2D eigenvalue weighted by Gasteiger charge is 2.25. The molecule has 1 aromatic heterocycles. The van der Waals surface area contributed by atoms with Crippen molar-refractivity contribution < 1.29 is 9.53 Å². The molecule has 7 heteroatoms. The lowest BCUT2D eigenvalue weighted by Crippen LogP contribution is -2.49. The molecule has 0 bridgehead atoms. The van der Waals surface area contributed by atoms with Gasteiger partial charge in [-0.1, -0.05) is 44.4 Å². The number of amides is 1. The Morgan fingerprint density at radius 1 is 1.29 bits per heavy atom. The van der Waals surface area contributed by atoms with E-state index in [9.17, 15) is 4.79 Å². The number of carbonyl (C=O) groups excluding carboxylic acids is 1. The third-order valence-corrected chi connectivity index (χ3v) is 5.95. The largest absolute Gasteiger partial charge is 0.387 e. The van der Waals surface area contributed by atoms with E-state index in [-0.39, 0.29) is 18.0 Å². The number of aromatic nitrogens is 1. The molecule has 1 saturated carbocycles. The second kappa shape index (κ2) is 11.2. The van der Waals surface area contributed by atoms with Crippen LogP contribution >= 0.6 is 0 Å². The topological polar surface area (TPSA) is 102 Å². The molecule has 1 heterocycles. The Morgan fingerprint density at radius 3 is 2.71 bits per heavy atom. The second-order valence-electron chi connectivity index (χ2n) is 8.31. The second-order valence-corrected chi connectivity index (χ2v) is 8.31. The fraction of sp³-hybridized carbons (Fsp3) is 0.542. The van der Waals surface area contributed by atoms with Gasteiger partial charge in [-0.05, 0) is 38.3 Å². The summed E-state index contributed by atoms with van der Waals surface area (Å²) in [4.78, 5) is 21.3. The Kier molecular flexibility index (Phi) is 8.37. The van der Waals surface area contributed by atoms with E-state index in [1.807, 2.05) is 30.3 Å². The van der Waals surface area contributed by atoms with Gasteiger partial charge in [0, 0.05) is 31.1 Å². The van der Waals surface area contributed by atoms with Crippen molar-refractivity contribution in [2.24, 2.45) is 10.7 Å². The summed E-state index contributed by atoms with van der Waals surface area (Å²) < 4.78 is 5.83. The average Bonchev–Trinajstić information content (AvgIpc) is 2.78. The van der Waals surface area contributed by atoms with Crippen LogP contribution < -0.4 is 16.4 Å². The molecule has 2 atom stereocenters. The van der Waals surface area contributed by atoms with Crippen LogP contribution in [0.1, 0.15) is 62.7 Å². The zero-order valence-corrected chi connectivity index (χ0v) is 18.9. The van der Waals surface area contributed by atoms with Crippen molar-refractivity contribution in [2.75, 3.05) is 19.0 Å². The molecule has 0 spiro atoms. The summed E-state index contributed by atoms with van der Waals surface area (Å²) in [6.07, 6.45) is 7.27. The first-order chi connectivity index (χ1) is 15.0. The first-order valence-electron chi connectivity index (χ1n) is 11.3. The van der Waals surface area contributed by atoms with Crippen LogP contribution in [-0.2, 0) is 4.74 Å². The molecular weight excluding hydrogens is 390 g/mol. The Hall–Kier alpha value is -2.51. The molecule has 7 nitrogen and oxygen atoms in total. The summed E-state index contributed by atoms with van der Waals surface area (Å²) in [6.45, 7) is 4.31. The average molecular weight is 426 g/mol. The van der Waals surface area contributed by atoms with E-state index in [1.165, 1.54) is 32.1 Å². The number of anilines is 1. The summed E-state index contributed by atoms with van der Waals surface area (Å²) in [7, 11) is 1.74. The monoisotopic (exact) mass is 425 g/mol. The van der Waals surface area contributed by atoms with E-state index in [4.69, 9.17) is 15.5 Å². The number of hydrogen-bond acceptors (Lipinski definition) is 5. The Labute approximate surface area is 184 Å². The predicted octanol–water partition coefficient (Wildman–Crippen LogP) is 3.88. The number of carbonyl (C=O) groups is 1. The van der Waals surface area contributed by atoms with Gasteiger partial charge in [0.05, 0.1) is 17.2 Å². The number of amidine groups is 1. The normalized spacial score (nSPS) is 17.5. The number of nitrogens with one attached hydrogen (secondary N) is 2. The molecule has 3 rings (SSSR count). The first-order valence-corrected chi connectivity index (χ1v) is 11.3. The number of pyridine rings is 1. The van der Waals surface area contributed by atoms with E-state index in [0.29, 0.717) is 24.0 Å². The number of nitrogens with two attached hydrogens (primary N) is 1. The van der Waals surface area contributed by atoms with E-state index in [2.05, 4.69) is 22.5 Å². The van der Waals surface area contributed by atoms with Gasteiger partial charge in [-0.15, -0.1) is 0 Å². The lowest BCUT2D eigenvalue weighted by Gasteiger charge is -2.32. The molecule has 31 heavy (non-hydrogen) atoms. The third-order valence-electron chi connectivity index (χ3n) is 5.95. The van der Waals surface area contributed by atoms with Crippen molar-refractivity contribution in [1.82, 2.24) is 10.3 Å². The predicted molar refractivity (Wildman–Crippen MR) is 127 cm³/mol. The number of rotatable bonds is 9. The molecule has 1 aliphatic rings. The van der Waals surface area contributed by atoms with Crippen LogP contribution in [0.15, 0.2) is 35.3 Å². The number of benzene rings is 1. The lowest BCUT2D eigenvalue weighted by molar-refractivity contribution is 0.0699. The Bertz CT molecular complexity index is 904. The summed E-state index contributed by atoms with van der Waals surface area (Å²) in [5.74, 6) is 0.326. The van der Waals surface area contributed by atoms with E-state index < -0.39 is 5.91 Å². The zero-order chi connectivity index (χ0) is 22.2. The van der Waals surface area contributed by atoms with E-state index >= 15 is 0 Å². The highest BCUT2D eigenvalue weighted by atomic mass is 16.5. The van der Waals surface area contributed by atoms with Crippen molar-refractivity contribution in [2.45, 2.75) is 70.6 Å². The standard InChI is InChI=1S/C24H35N5O2/c1-4-20(28-18-11-6-5-7-12-18)22(31-3)15-26-23-19(24(30)27-16(2)25)14-17-10-8-9-13-21(17)29-23/h8-10,13-14,18,20,22,28H,4-7,11-12,15H2,1-3H3,(H,26,29)(H2,25,27,30). The van der Waals surface area contributed by atoms with Crippen LogP contribution in [0.3, 0.4) is 0 Å². The lowest BCUT2D eigenvalue weighted by atomic mass is 9.94. The van der Waals surface area contributed by atoms with Crippen molar-refractivity contribution >= 4 is 28.5 Å². The van der Waals surface area contributed by atoms with Crippen LogP contribution in [0.5, 0.6) is 0 Å². The van der Waals surface area contributed by atoms with Gasteiger partial charge in [0.1, 0.15) is 11.7 Å². The minimum atomic E-state index is -0.401. The van der Waals surface area contributed by atoms with Gasteiger partial charge < -0.3 is 21.1 Å². The van der Waals surface area contributed by atoms with Gasteiger partial charge in [-0.3, -0.25) is 4.79 Å². The van der Waals surface area contributed by atoms with Gasteiger partial charge in [0.15, 0.2) is 0 Å². The van der Waals surface area contributed by atoms with Gasteiger partial charge in [-0.2, -0.15) is 4.99 Å². The maximum atomic E-state index is 12.7. The smallest absolute Gasteiger partial charge is 0.282 e. The van der Waals surface area contributed by atoms with Crippen molar-refractivity contribution in [3.8, 4) is 0 Å². The molecule has 2 unspecified atom stereocenters. The summed E-state index contributed by atoms with van der Waals surface area (Å²) in [5.41, 5.74) is 6.87. The molecule has 4 N–H and O–H groups in total. The van der Waals surface area contributed by atoms with Crippen LogP contribution in [-0.4, -0.2) is 48.6 Å². The van der Waals surface area contributed by atoms with Gasteiger partial charge >= 0.3 is 0 Å². The molecule has 1 aromatic carbocycles. The van der Waals surface area contributed by atoms with Crippen molar-refractivity contribution in [1.29, 1.82) is 0 Å². The van der Waals surface area contributed by atoms with Crippen LogP contribution in [0, 0.1) is 0 Å². The molecule has 0 aliphatic heterocycles. The van der Waals surface area contributed by atoms with E-state index in [0.717, 1.165) is 17.3 Å². The summed E-state index contributed by atoms with van der Waals surface area (Å²) >= 11 is 0. The van der Waals surface area contributed by atoms with Crippen molar-refractivity contribution in [3.63, 3.8) is 0 Å². The highest BCUT2D eigenvalue weighted by Crippen LogP contribution is 2.23. The number of para-hydroxylation sites is 1. The van der Waals surface area contributed by atoms with Crippen molar-refractivity contribution in [3.05, 3.63) is 35.9 Å². The van der Waals surface area contributed by atoms with Gasteiger partial charge in [-0.25, -0.2) is 4.98 Å². The quantitative estimate of drug-likeness (QED) is 0.416. The summed E-state index contributed by atoms with van der Waals surface area (Å²) in [5, 5.41) is 8.04. The van der Waals surface area contributed by atoms with Crippen LogP contribution in [0.2, 0.25) is 0 Å².